The molecule has 15 heteroatoms. The molecule has 0 saturated carbocycles. The fourth-order valence-electron chi connectivity index (χ4n) is 4.12. The minimum Gasteiger partial charge on any atom is -0.478 e. The van der Waals surface area contributed by atoms with Gasteiger partial charge in [-0.3, -0.25) is 14.9 Å². The number of carbonyl (C=O) groups excluding carboxylic acids is 2. The first-order chi connectivity index (χ1) is 19.2. The Balaban J connectivity index is 0.000000406. The number of carboxylic acids is 2. The molecule has 1 atom stereocenters. The van der Waals surface area contributed by atoms with Crippen molar-refractivity contribution >= 4 is 57.7 Å². The number of piperidine rings is 1. The van der Waals surface area contributed by atoms with Gasteiger partial charge in [-0.1, -0.05) is 18.7 Å². The number of anilines is 2. The third kappa shape index (κ3) is 6.09. The van der Waals surface area contributed by atoms with Gasteiger partial charge in [-0.15, -0.1) is 0 Å². The lowest BCUT2D eigenvalue weighted by molar-refractivity contribution is -0.134. The molecule has 1 aliphatic heterocycles. The van der Waals surface area contributed by atoms with Crippen LogP contribution in [0.1, 0.15) is 29.4 Å². The van der Waals surface area contributed by atoms with E-state index in [0.29, 0.717) is 47.4 Å². The molecule has 1 aliphatic rings. The average Bonchev–Trinajstić information content (AvgIpc) is 3.54. The van der Waals surface area contributed by atoms with Crippen molar-refractivity contribution in [3.05, 3.63) is 61.1 Å². The first-order valence-electron chi connectivity index (χ1n) is 11.9. The van der Waals surface area contributed by atoms with Gasteiger partial charge in [0.25, 0.3) is 5.91 Å². The summed E-state index contributed by atoms with van der Waals surface area (Å²) in [5, 5.41) is 23.1. The number of nitrogens with two attached hydrogens (primary N) is 1. The van der Waals surface area contributed by atoms with Crippen molar-refractivity contribution in [3.8, 4) is 0 Å². The first-order valence-corrected chi connectivity index (χ1v) is 11.9. The number of nitrogen functional groups attached to an aromatic ring is 1. The predicted molar refractivity (Wildman–Crippen MR) is 141 cm³/mol. The van der Waals surface area contributed by atoms with Crippen LogP contribution >= 0.6 is 0 Å². The number of nitrogens with zero attached hydrogens (tertiary/aromatic N) is 6. The Bertz CT molecular complexity index is 1590. The van der Waals surface area contributed by atoms with Gasteiger partial charge in [0.1, 0.15) is 17.7 Å². The van der Waals surface area contributed by atoms with Gasteiger partial charge in [-0.25, -0.2) is 24.2 Å². The van der Waals surface area contributed by atoms with Crippen LogP contribution in [-0.2, 0) is 14.4 Å². The third-order valence-corrected chi connectivity index (χ3v) is 5.84. The number of hydrogen-bond donors (Lipinski definition) is 4. The predicted octanol–water partition coefficient (Wildman–Crippen LogP) is 1.86. The van der Waals surface area contributed by atoms with Crippen LogP contribution in [0.25, 0.3) is 22.1 Å². The highest BCUT2D eigenvalue weighted by Gasteiger charge is 2.29. The third-order valence-electron chi connectivity index (χ3n) is 5.84. The van der Waals surface area contributed by atoms with E-state index in [4.69, 9.17) is 20.4 Å². The van der Waals surface area contributed by atoms with Gasteiger partial charge in [-0.2, -0.15) is 10.1 Å². The fraction of sp³-hybridized carbons (Fsp3) is 0.200. The number of para-hydroxylation sites is 2. The molecule has 15 nitrogen and oxygen atoms in total. The van der Waals surface area contributed by atoms with E-state index < -0.39 is 17.8 Å². The van der Waals surface area contributed by atoms with E-state index in [0.717, 1.165) is 12.8 Å². The molecule has 3 aromatic heterocycles. The van der Waals surface area contributed by atoms with Crippen molar-refractivity contribution in [1.29, 1.82) is 0 Å². The van der Waals surface area contributed by atoms with Crippen LogP contribution in [0, 0.1) is 0 Å². The highest BCUT2D eigenvalue weighted by Crippen LogP contribution is 2.29. The molecule has 1 saturated heterocycles. The molecular formula is C25H24N8O7. The van der Waals surface area contributed by atoms with Crippen LogP contribution in [0.4, 0.5) is 11.8 Å². The van der Waals surface area contributed by atoms with E-state index in [1.54, 1.807) is 21.7 Å². The molecule has 0 radical (unpaired) electrons. The topological polar surface area (TPSA) is 220 Å². The van der Waals surface area contributed by atoms with Crippen molar-refractivity contribution in [3.63, 3.8) is 0 Å². The van der Waals surface area contributed by atoms with Crippen LogP contribution in [0.15, 0.2) is 59.8 Å². The van der Waals surface area contributed by atoms with E-state index >= 15 is 0 Å². The Labute approximate surface area is 225 Å². The molecule has 5 rings (SSSR count). The largest absolute Gasteiger partial charge is 0.478 e. The molecule has 1 aromatic carbocycles. The number of nitrogens with one attached hydrogen (secondary N) is 1. The lowest BCUT2D eigenvalue weighted by Crippen LogP contribution is -2.40. The van der Waals surface area contributed by atoms with E-state index in [2.05, 4.69) is 31.9 Å². The minimum atomic E-state index is -1.26. The van der Waals surface area contributed by atoms with E-state index in [-0.39, 0.29) is 29.5 Å². The number of benzene rings is 1. The number of likely N-dealkylation sites (tertiary alicyclic amines) is 1. The monoisotopic (exact) mass is 548 g/mol. The summed E-state index contributed by atoms with van der Waals surface area (Å²) in [5.74, 6) is -3.07. The molecule has 0 bridgehead atoms. The van der Waals surface area contributed by atoms with Crippen molar-refractivity contribution in [2.24, 2.45) is 0 Å². The second kappa shape index (κ2) is 11.8. The maximum atomic E-state index is 13.1. The summed E-state index contributed by atoms with van der Waals surface area (Å²) in [6, 6.07) is 7.06. The Kier molecular flexibility index (Phi) is 8.13. The number of hydrogen-bond acceptors (Lipinski definition) is 10. The highest BCUT2D eigenvalue weighted by molar-refractivity contribution is 6.12. The normalized spacial score (nSPS) is 15.0. The zero-order valence-electron chi connectivity index (χ0n) is 20.9. The summed E-state index contributed by atoms with van der Waals surface area (Å²) >= 11 is 0. The van der Waals surface area contributed by atoms with Crippen molar-refractivity contribution in [1.82, 2.24) is 29.6 Å². The number of carbonyl (C=O) groups is 4. The molecule has 206 valence electrons. The van der Waals surface area contributed by atoms with Gasteiger partial charge < -0.3 is 25.3 Å². The molecule has 0 aliphatic carbocycles. The van der Waals surface area contributed by atoms with E-state index in [1.165, 1.54) is 12.4 Å². The van der Waals surface area contributed by atoms with Crippen molar-refractivity contribution < 1.29 is 33.8 Å². The molecule has 4 heterocycles. The molecule has 2 amide bonds. The van der Waals surface area contributed by atoms with Crippen LogP contribution in [-0.4, -0.2) is 76.7 Å². The minimum absolute atomic E-state index is 0.0507. The van der Waals surface area contributed by atoms with Crippen LogP contribution in [0.3, 0.4) is 0 Å². The van der Waals surface area contributed by atoms with Crippen LogP contribution in [0.5, 0.6) is 0 Å². The summed E-state index contributed by atoms with van der Waals surface area (Å²) in [5.41, 5.74) is 7.75. The molecule has 40 heavy (non-hydrogen) atoms. The second-order valence-electron chi connectivity index (χ2n) is 8.49. The van der Waals surface area contributed by atoms with Gasteiger partial charge in [-0.05, 0) is 31.1 Å². The van der Waals surface area contributed by atoms with Gasteiger partial charge in [0.2, 0.25) is 5.91 Å². The second-order valence-corrected chi connectivity index (χ2v) is 8.49. The molecule has 0 spiro atoms. The summed E-state index contributed by atoms with van der Waals surface area (Å²) in [4.78, 5) is 58.6. The van der Waals surface area contributed by atoms with Gasteiger partial charge >= 0.3 is 18.0 Å². The molecular weight excluding hydrogens is 524 g/mol. The van der Waals surface area contributed by atoms with Gasteiger partial charge in [0, 0.05) is 25.2 Å². The van der Waals surface area contributed by atoms with E-state index in [9.17, 15) is 19.2 Å². The summed E-state index contributed by atoms with van der Waals surface area (Å²) in [6.45, 7) is 4.63. The Morgan fingerprint density at radius 3 is 2.52 bits per heavy atom. The zero-order valence-corrected chi connectivity index (χ0v) is 20.9. The Morgan fingerprint density at radius 2 is 1.85 bits per heavy atom. The number of fused-ring (bicyclic) bond motifs is 2. The van der Waals surface area contributed by atoms with Crippen molar-refractivity contribution in [2.75, 3.05) is 24.1 Å². The lowest BCUT2D eigenvalue weighted by atomic mass is 10.1. The molecule has 4 aromatic rings. The van der Waals surface area contributed by atoms with Gasteiger partial charge in [0.15, 0.2) is 16.9 Å². The maximum Gasteiger partial charge on any atom is 0.328 e. The Hall–Kier alpha value is -5.60. The van der Waals surface area contributed by atoms with Crippen LogP contribution in [0.2, 0.25) is 0 Å². The number of amides is 2. The quantitative estimate of drug-likeness (QED) is 0.254. The maximum absolute atomic E-state index is 13.1. The zero-order chi connectivity index (χ0) is 28.8. The lowest BCUT2D eigenvalue weighted by Gasteiger charge is -2.32. The first kappa shape index (κ1) is 27.4. The molecule has 5 N–H and O–H groups in total. The number of carboxylic acid groups (broad SMARTS) is 2. The number of oxazole rings is 1. The Morgan fingerprint density at radius 1 is 1.12 bits per heavy atom. The average molecular weight is 549 g/mol. The fourth-order valence-corrected chi connectivity index (χ4v) is 4.12. The number of aromatic nitrogens is 5. The SMILES string of the molecule is C=CC(=O)N1CCCC(n2nc(C(=O)Nc3nc4ccccc4o3)c3c(N)ncnc32)C1.O=C(O)C=CC(=O)O. The van der Waals surface area contributed by atoms with Gasteiger partial charge in [0.05, 0.1) is 11.4 Å². The van der Waals surface area contributed by atoms with Crippen molar-refractivity contribution in [2.45, 2.75) is 18.9 Å². The highest BCUT2D eigenvalue weighted by atomic mass is 16.4. The standard InChI is InChI=1S/C21H20N8O3.C4H4O4/c1-2-15(30)28-9-5-6-12(10-28)29-19-16(18(22)23-11-24-19)17(27-29)20(31)26-21-25-13-7-3-4-8-14(13)32-21;5-3(6)1-2-4(7)8/h2-4,7-8,11-12H,1,5-6,9-10H2,(H2,22,23,24)(H,25,26,31);1-2H,(H,5,6)(H,7,8). The summed E-state index contributed by atoms with van der Waals surface area (Å²) in [6.07, 6.45) is 5.30. The smallest absolute Gasteiger partial charge is 0.328 e. The van der Waals surface area contributed by atoms with Crippen LogP contribution < -0.4 is 11.1 Å². The number of rotatable bonds is 6. The van der Waals surface area contributed by atoms with E-state index in [1.807, 2.05) is 12.1 Å². The number of aliphatic carboxylic acids is 2. The molecule has 1 unspecified atom stereocenters. The molecule has 1 fully saturated rings. The summed E-state index contributed by atoms with van der Waals surface area (Å²) < 4.78 is 7.23. The summed E-state index contributed by atoms with van der Waals surface area (Å²) in [7, 11) is 0.